The molecule has 1 N–H and O–H groups in total. The van der Waals surface area contributed by atoms with Gasteiger partial charge in [0.1, 0.15) is 11.5 Å². The lowest BCUT2D eigenvalue weighted by Crippen LogP contribution is -2.42. The molecule has 0 atom stereocenters. The highest BCUT2D eigenvalue weighted by Gasteiger charge is 2.32. The molecule has 1 heterocycles. The molecule has 0 bridgehead atoms. The average Bonchev–Trinajstić information content (AvgIpc) is 2.86. The van der Waals surface area contributed by atoms with Crippen molar-refractivity contribution in [2.75, 3.05) is 13.1 Å². The van der Waals surface area contributed by atoms with Crippen LogP contribution >= 0.6 is 11.6 Å². The number of carbonyl (C=O) groups is 1. The van der Waals surface area contributed by atoms with Crippen LogP contribution in [-0.4, -0.2) is 37.9 Å². The van der Waals surface area contributed by atoms with Gasteiger partial charge in [0.05, 0.1) is 11.1 Å². The largest absolute Gasteiger partial charge is 0.457 e. The van der Waals surface area contributed by atoms with Crippen LogP contribution in [0.1, 0.15) is 18.4 Å². The Hall–Kier alpha value is -3.20. The summed E-state index contributed by atoms with van der Waals surface area (Å²) in [6, 6.07) is 22.9. The second-order valence-corrected chi connectivity index (χ2v) is 10.2. The molecule has 3 aromatic rings. The predicted molar refractivity (Wildman–Crippen MR) is 132 cm³/mol. The maximum Gasteiger partial charge on any atom is 0.243 e. The summed E-state index contributed by atoms with van der Waals surface area (Å²) < 4.78 is 32.7. The number of hydrazone groups is 1. The van der Waals surface area contributed by atoms with Gasteiger partial charge in [0.15, 0.2) is 0 Å². The van der Waals surface area contributed by atoms with Crippen molar-refractivity contribution in [3.05, 3.63) is 89.4 Å². The number of piperidine rings is 1. The van der Waals surface area contributed by atoms with Gasteiger partial charge >= 0.3 is 0 Å². The molecule has 0 aliphatic carbocycles. The number of benzene rings is 3. The number of nitrogens with one attached hydrogen (secondary N) is 1. The Balaban J connectivity index is 1.26. The van der Waals surface area contributed by atoms with Crippen molar-refractivity contribution in [3.8, 4) is 11.5 Å². The van der Waals surface area contributed by atoms with Crippen molar-refractivity contribution in [2.45, 2.75) is 17.7 Å². The number of hydrogen-bond acceptors (Lipinski definition) is 5. The second-order valence-electron chi connectivity index (χ2n) is 7.85. The van der Waals surface area contributed by atoms with Gasteiger partial charge in [-0.05, 0) is 79.1 Å². The molecule has 1 amide bonds. The third kappa shape index (κ3) is 6.02. The Morgan fingerprint density at radius 1 is 0.941 bits per heavy atom. The molecule has 3 aromatic carbocycles. The fourth-order valence-electron chi connectivity index (χ4n) is 3.62. The van der Waals surface area contributed by atoms with Crippen molar-refractivity contribution in [1.82, 2.24) is 9.73 Å². The van der Waals surface area contributed by atoms with Gasteiger partial charge in [-0.1, -0.05) is 29.8 Å². The molecule has 0 radical (unpaired) electrons. The summed E-state index contributed by atoms with van der Waals surface area (Å²) in [5.74, 6) is 0.940. The predicted octanol–water partition coefficient (Wildman–Crippen LogP) is 4.68. The van der Waals surface area contributed by atoms with Crippen LogP contribution < -0.4 is 10.2 Å². The number of hydrogen-bond donors (Lipinski definition) is 1. The average molecular weight is 498 g/mol. The summed E-state index contributed by atoms with van der Waals surface area (Å²) in [5.41, 5.74) is 3.37. The number of amides is 1. The molecule has 0 unspecified atom stereocenters. The van der Waals surface area contributed by atoms with Gasteiger partial charge in [-0.3, -0.25) is 4.79 Å². The summed E-state index contributed by atoms with van der Waals surface area (Å²) in [4.78, 5) is 12.7. The van der Waals surface area contributed by atoms with Crippen molar-refractivity contribution in [1.29, 1.82) is 0 Å². The Morgan fingerprint density at radius 3 is 2.21 bits per heavy atom. The molecule has 1 saturated heterocycles. The highest BCUT2D eigenvalue weighted by molar-refractivity contribution is 7.89. The Morgan fingerprint density at radius 2 is 1.56 bits per heavy atom. The quantitative estimate of drug-likeness (QED) is 0.379. The monoisotopic (exact) mass is 497 g/mol. The molecule has 1 aliphatic rings. The van der Waals surface area contributed by atoms with Crippen molar-refractivity contribution in [3.63, 3.8) is 0 Å². The smallest absolute Gasteiger partial charge is 0.243 e. The molecular formula is C25H24ClN3O4S. The molecule has 9 heteroatoms. The minimum absolute atomic E-state index is 0.199. The Kier molecular flexibility index (Phi) is 7.62. The van der Waals surface area contributed by atoms with Crippen LogP contribution in [-0.2, 0) is 14.8 Å². The van der Waals surface area contributed by atoms with Gasteiger partial charge in [0.2, 0.25) is 15.9 Å². The van der Waals surface area contributed by atoms with Crippen LogP contribution in [0.15, 0.2) is 88.9 Å². The minimum Gasteiger partial charge on any atom is -0.457 e. The molecule has 34 heavy (non-hydrogen) atoms. The maximum absolute atomic E-state index is 12.8. The first-order valence-electron chi connectivity index (χ1n) is 10.8. The summed E-state index contributed by atoms with van der Waals surface area (Å²) >= 11 is 5.85. The van der Waals surface area contributed by atoms with Gasteiger partial charge < -0.3 is 4.74 Å². The van der Waals surface area contributed by atoms with Crippen LogP contribution in [0.4, 0.5) is 0 Å². The standard InChI is InChI=1S/C25H24ClN3O4S/c26-21-8-12-24(13-9-21)34(31,32)29-16-14-20(15-17-29)25(30)28-27-18-19-6-10-23(11-7-19)33-22-4-2-1-3-5-22/h1-13,18,20H,14-17H2,(H,28,30)/b27-18-. The van der Waals surface area contributed by atoms with E-state index in [0.29, 0.717) is 23.6 Å². The van der Waals surface area contributed by atoms with Crippen molar-refractivity contribution >= 4 is 33.7 Å². The van der Waals surface area contributed by atoms with E-state index in [0.717, 1.165) is 11.3 Å². The summed E-state index contributed by atoms with van der Waals surface area (Å²) in [7, 11) is -3.60. The zero-order valence-electron chi connectivity index (χ0n) is 18.3. The van der Waals surface area contributed by atoms with Crippen molar-refractivity contribution < 1.29 is 17.9 Å². The fourth-order valence-corrected chi connectivity index (χ4v) is 5.22. The van der Waals surface area contributed by atoms with E-state index in [-0.39, 0.29) is 29.8 Å². The lowest BCUT2D eigenvalue weighted by atomic mass is 9.98. The first kappa shape index (κ1) is 23.9. The molecule has 1 aliphatic heterocycles. The SMILES string of the molecule is O=C(N/N=C\c1ccc(Oc2ccccc2)cc1)C1CCN(S(=O)(=O)c2ccc(Cl)cc2)CC1. The molecule has 4 rings (SSSR count). The maximum atomic E-state index is 12.8. The minimum atomic E-state index is -3.60. The summed E-state index contributed by atoms with van der Waals surface area (Å²) in [6.45, 7) is 0.547. The first-order valence-corrected chi connectivity index (χ1v) is 12.7. The number of ether oxygens (including phenoxy) is 1. The van der Waals surface area contributed by atoms with E-state index in [2.05, 4.69) is 10.5 Å². The van der Waals surface area contributed by atoms with Crippen LogP contribution in [0.5, 0.6) is 11.5 Å². The van der Waals surface area contributed by atoms with Crippen LogP contribution in [0, 0.1) is 5.92 Å². The molecule has 7 nitrogen and oxygen atoms in total. The highest BCUT2D eigenvalue weighted by Crippen LogP contribution is 2.25. The third-order valence-corrected chi connectivity index (χ3v) is 7.69. The topological polar surface area (TPSA) is 88.1 Å². The lowest BCUT2D eigenvalue weighted by molar-refractivity contribution is -0.126. The summed E-state index contributed by atoms with van der Waals surface area (Å²) in [6.07, 6.45) is 2.42. The molecule has 0 saturated carbocycles. The van der Waals surface area contributed by atoms with Gasteiger partial charge in [0, 0.05) is 24.0 Å². The van der Waals surface area contributed by atoms with Gasteiger partial charge in [-0.25, -0.2) is 13.8 Å². The number of halogens is 1. The normalized spacial score (nSPS) is 15.3. The number of nitrogens with zero attached hydrogens (tertiary/aromatic N) is 2. The van der Waals surface area contributed by atoms with Crippen LogP contribution in [0.3, 0.4) is 0 Å². The summed E-state index contributed by atoms with van der Waals surface area (Å²) in [5, 5.41) is 4.52. The Bertz CT molecular complexity index is 1240. The van der Waals surface area contributed by atoms with Gasteiger partial charge in [-0.15, -0.1) is 0 Å². The van der Waals surface area contributed by atoms with E-state index in [1.807, 2.05) is 54.6 Å². The van der Waals surface area contributed by atoms with E-state index in [4.69, 9.17) is 16.3 Å². The number of sulfonamides is 1. The first-order chi connectivity index (χ1) is 16.4. The van der Waals surface area contributed by atoms with Gasteiger partial charge in [0.25, 0.3) is 0 Å². The van der Waals surface area contributed by atoms with E-state index in [1.54, 1.807) is 18.3 Å². The van der Waals surface area contributed by atoms with Crippen molar-refractivity contribution in [2.24, 2.45) is 11.0 Å². The molecule has 0 spiro atoms. The number of para-hydroxylation sites is 1. The number of carbonyl (C=O) groups excluding carboxylic acids is 1. The zero-order valence-corrected chi connectivity index (χ0v) is 19.9. The zero-order chi connectivity index (χ0) is 24.0. The molecule has 0 aromatic heterocycles. The van der Waals surface area contributed by atoms with E-state index >= 15 is 0 Å². The van der Waals surface area contributed by atoms with Gasteiger partial charge in [-0.2, -0.15) is 9.41 Å². The van der Waals surface area contributed by atoms with E-state index < -0.39 is 10.0 Å². The number of rotatable bonds is 7. The highest BCUT2D eigenvalue weighted by atomic mass is 35.5. The van der Waals surface area contributed by atoms with E-state index in [9.17, 15) is 13.2 Å². The van der Waals surface area contributed by atoms with Crippen LogP contribution in [0.2, 0.25) is 5.02 Å². The Labute approximate surface area is 204 Å². The third-order valence-electron chi connectivity index (χ3n) is 5.52. The van der Waals surface area contributed by atoms with Crippen LogP contribution in [0.25, 0.3) is 0 Å². The molecule has 1 fully saturated rings. The lowest BCUT2D eigenvalue weighted by Gasteiger charge is -2.30. The fraction of sp³-hybridized carbons (Fsp3) is 0.200. The van der Waals surface area contributed by atoms with E-state index in [1.165, 1.54) is 16.4 Å². The molecule has 176 valence electrons. The molecular weight excluding hydrogens is 474 g/mol. The second kappa shape index (κ2) is 10.8.